The van der Waals surface area contributed by atoms with Crippen LogP contribution in [0.4, 0.5) is 22.7 Å². The minimum Gasteiger partial charge on any atom is -0.348 e. The molecule has 160 valence electrons. The molecule has 0 N–H and O–H groups in total. The van der Waals surface area contributed by atoms with Crippen molar-refractivity contribution in [3.63, 3.8) is 0 Å². The SMILES string of the molecule is Cn1c(C(F)(F)F)cc(=O)n(-c2c(F)cc(Cl)c3nc(N4CCCCC4)sc23)c1=O. The molecular weight excluding hydrogens is 448 g/mol. The lowest BCUT2D eigenvalue weighted by Crippen LogP contribution is -2.41. The van der Waals surface area contributed by atoms with Crippen LogP contribution in [0.1, 0.15) is 25.0 Å². The molecule has 0 amide bonds. The Morgan fingerprint density at radius 1 is 1.13 bits per heavy atom. The number of hydrogen-bond donors (Lipinski definition) is 0. The molecule has 30 heavy (non-hydrogen) atoms. The Bertz CT molecular complexity index is 1260. The molecule has 2 aromatic heterocycles. The van der Waals surface area contributed by atoms with Crippen LogP contribution in [0.25, 0.3) is 15.9 Å². The Balaban J connectivity index is 2.00. The van der Waals surface area contributed by atoms with Crippen molar-refractivity contribution in [1.82, 2.24) is 14.1 Å². The van der Waals surface area contributed by atoms with Gasteiger partial charge in [0.2, 0.25) is 0 Å². The molecule has 4 rings (SSSR count). The normalized spacial score (nSPS) is 15.2. The highest BCUT2D eigenvalue weighted by molar-refractivity contribution is 7.22. The van der Waals surface area contributed by atoms with E-state index in [2.05, 4.69) is 4.98 Å². The Hall–Kier alpha value is -2.40. The maximum atomic E-state index is 14.9. The van der Waals surface area contributed by atoms with Crippen LogP contribution in [0.15, 0.2) is 21.7 Å². The van der Waals surface area contributed by atoms with E-state index < -0.39 is 34.6 Å². The van der Waals surface area contributed by atoms with E-state index in [-0.39, 0.29) is 25.9 Å². The van der Waals surface area contributed by atoms with Gasteiger partial charge in [0, 0.05) is 26.2 Å². The predicted octanol–water partition coefficient (Wildman–Crippen LogP) is 3.95. The Morgan fingerprint density at radius 2 is 1.80 bits per heavy atom. The summed E-state index contributed by atoms with van der Waals surface area (Å²) in [6.07, 6.45) is -1.90. The number of rotatable bonds is 2. The van der Waals surface area contributed by atoms with Crippen LogP contribution in [0, 0.1) is 5.82 Å². The van der Waals surface area contributed by atoms with Gasteiger partial charge in [-0.3, -0.25) is 9.36 Å². The summed E-state index contributed by atoms with van der Waals surface area (Å²) >= 11 is 7.18. The minimum absolute atomic E-state index is 0.0115. The highest BCUT2D eigenvalue weighted by atomic mass is 35.5. The van der Waals surface area contributed by atoms with E-state index in [1.807, 2.05) is 4.90 Å². The number of halogens is 5. The van der Waals surface area contributed by atoms with Crippen molar-refractivity contribution >= 4 is 38.3 Å². The van der Waals surface area contributed by atoms with Crippen LogP contribution in [0.3, 0.4) is 0 Å². The van der Waals surface area contributed by atoms with Gasteiger partial charge in [0.05, 0.1) is 9.72 Å². The molecule has 1 fully saturated rings. The fourth-order valence-electron chi connectivity index (χ4n) is 3.52. The number of alkyl halides is 3. The molecular formula is C18H15ClF4N4O2S. The topological polar surface area (TPSA) is 60.1 Å². The summed E-state index contributed by atoms with van der Waals surface area (Å²) in [4.78, 5) is 31.6. The van der Waals surface area contributed by atoms with Gasteiger partial charge in [-0.2, -0.15) is 13.2 Å². The fourth-order valence-corrected chi connectivity index (χ4v) is 4.98. The van der Waals surface area contributed by atoms with E-state index in [1.165, 1.54) is 0 Å². The molecule has 6 nitrogen and oxygen atoms in total. The van der Waals surface area contributed by atoms with Gasteiger partial charge in [-0.25, -0.2) is 18.7 Å². The molecule has 1 aliphatic rings. The summed E-state index contributed by atoms with van der Waals surface area (Å²) in [7, 11) is 0.873. The molecule has 12 heteroatoms. The molecule has 0 aliphatic carbocycles. The molecule has 1 saturated heterocycles. The van der Waals surface area contributed by atoms with Gasteiger partial charge in [-0.15, -0.1) is 0 Å². The first-order chi connectivity index (χ1) is 14.1. The van der Waals surface area contributed by atoms with Crippen LogP contribution in [0.2, 0.25) is 5.02 Å². The lowest BCUT2D eigenvalue weighted by Gasteiger charge is -2.25. The van der Waals surface area contributed by atoms with Crippen LogP contribution in [-0.2, 0) is 13.2 Å². The van der Waals surface area contributed by atoms with Crippen LogP contribution >= 0.6 is 22.9 Å². The monoisotopic (exact) mass is 462 g/mol. The molecule has 0 bridgehead atoms. The molecule has 0 saturated carbocycles. The van der Waals surface area contributed by atoms with Crippen molar-refractivity contribution in [2.75, 3.05) is 18.0 Å². The molecule has 3 aromatic rings. The Labute approximate surface area is 175 Å². The molecule has 0 radical (unpaired) electrons. The smallest absolute Gasteiger partial charge is 0.348 e. The van der Waals surface area contributed by atoms with Crippen molar-refractivity contribution in [3.8, 4) is 5.69 Å². The number of benzene rings is 1. The highest BCUT2D eigenvalue weighted by Gasteiger charge is 2.35. The Morgan fingerprint density at radius 3 is 2.43 bits per heavy atom. The Kier molecular flexibility index (Phi) is 5.13. The van der Waals surface area contributed by atoms with E-state index in [0.29, 0.717) is 9.70 Å². The average molecular weight is 463 g/mol. The number of piperidine rings is 1. The fraction of sp³-hybridized carbons (Fsp3) is 0.389. The first kappa shape index (κ1) is 20.9. The van der Waals surface area contributed by atoms with Crippen LogP contribution < -0.4 is 16.1 Å². The highest BCUT2D eigenvalue weighted by Crippen LogP contribution is 2.38. The van der Waals surface area contributed by atoms with Crippen molar-refractivity contribution < 1.29 is 17.6 Å². The lowest BCUT2D eigenvalue weighted by molar-refractivity contribution is -0.144. The number of hydrogen-bond acceptors (Lipinski definition) is 5. The van der Waals surface area contributed by atoms with E-state index >= 15 is 0 Å². The van der Waals surface area contributed by atoms with Gasteiger partial charge < -0.3 is 4.90 Å². The first-order valence-corrected chi connectivity index (χ1v) is 10.2. The zero-order valence-electron chi connectivity index (χ0n) is 15.6. The molecule has 3 heterocycles. The molecule has 0 unspecified atom stereocenters. The second-order valence-electron chi connectivity index (χ2n) is 6.95. The van der Waals surface area contributed by atoms with E-state index in [0.717, 1.165) is 56.8 Å². The van der Waals surface area contributed by atoms with Crippen molar-refractivity contribution in [1.29, 1.82) is 0 Å². The van der Waals surface area contributed by atoms with Gasteiger partial charge in [0.25, 0.3) is 5.56 Å². The third kappa shape index (κ3) is 3.39. The average Bonchev–Trinajstić information content (AvgIpc) is 3.12. The molecule has 0 spiro atoms. The summed E-state index contributed by atoms with van der Waals surface area (Å²) in [6.45, 7) is 1.49. The standard InChI is InChI=1S/C18H15ClF4N4O2S/c1-25-11(18(21,22)23)8-12(28)27(17(25)29)14-10(20)7-9(19)13-15(14)30-16(24-13)26-5-3-2-4-6-26/h7-8H,2-6H2,1H3. The van der Waals surface area contributed by atoms with Gasteiger partial charge in [0.15, 0.2) is 10.9 Å². The largest absolute Gasteiger partial charge is 0.431 e. The summed E-state index contributed by atoms with van der Waals surface area (Å²) in [5.74, 6) is -1.000. The number of anilines is 1. The van der Waals surface area contributed by atoms with E-state index in [1.54, 1.807) is 0 Å². The minimum atomic E-state index is -4.91. The number of nitrogens with zero attached hydrogens (tertiary/aromatic N) is 4. The quantitative estimate of drug-likeness (QED) is 0.541. The number of fused-ring (bicyclic) bond motifs is 1. The third-order valence-electron chi connectivity index (χ3n) is 5.00. The number of aromatic nitrogens is 3. The predicted molar refractivity (Wildman–Crippen MR) is 106 cm³/mol. The summed E-state index contributed by atoms with van der Waals surface area (Å²) < 4.78 is 55.1. The van der Waals surface area contributed by atoms with Crippen molar-refractivity contribution in [2.24, 2.45) is 7.05 Å². The second-order valence-corrected chi connectivity index (χ2v) is 8.34. The first-order valence-electron chi connectivity index (χ1n) is 9.03. The third-order valence-corrected chi connectivity index (χ3v) is 6.41. The van der Waals surface area contributed by atoms with Gasteiger partial charge in [-0.1, -0.05) is 22.9 Å². The lowest BCUT2D eigenvalue weighted by atomic mass is 10.1. The van der Waals surface area contributed by atoms with E-state index in [9.17, 15) is 27.2 Å². The van der Waals surface area contributed by atoms with Crippen LogP contribution in [0.5, 0.6) is 0 Å². The summed E-state index contributed by atoms with van der Waals surface area (Å²) in [5.41, 5.74) is -4.29. The zero-order chi connectivity index (χ0) is 21.8. The molecule has 0 atom stereocenters. The maximum Gasteiger partial charge on any atom is 0.431 e. The zero-order valence-corrected chi connectivity index (χ0v) is 17.2. The van der Waals surface area contributed by atoms with Gasteiger partial charge in [0.1, 0.15) is 16.9 Å². The van der Waals surface area contributed by atoms with E-state index in [4.69, 9.17) is 11.6 Å². The summed E-state index contributed by atoms with van der Waals surface area (Å²) in [5, 5.41) is 0.540. The molecule has 1 aromatic carbocycles. The second kappa shape index (κ2) is 7.38. The molecule has 1 aliphatic heterocycles. The number of thiazole rings is 1. The van der Waals surface area contributed by atoms with Gasteiger partial charge >= 0.3 is 11.9 Å². The van der Waals surface area contributed by atoms with Crippen molar-refractivity contribution in [3.05, 3.63) is 49.5 Å². The van der Waals surface area contributed by atoms with Crippen LogP contribution in [-0.4, -0.2) is 27.2 Å². The summed E-state index contributed by atoms with van der Waals surface area (Å²) in [6, 6.07) is 1.18. The maximum absolute atomic E-state index is 14.9. The van der Waals surface area contributed by atoms with Gasteiger partial charge in [-0.05, 0) is 25.3 Å². The van der Waals surface area contributed by atoms with Crippen molar-refractivity contribution in [2.45, 2.75) is 25.4 Å².